The number of hydrogen-bond donors (Lipinski definition) is 1. The highest BCUT2D eigenvalue weighted by Crippen LogP contribution is 2.14. The first kappa shape index (κ1) is 7.68. The molecule has 3 heteroatoms. The standard InChI is InChI=1S/C9H13N3/c1-6-8-3-4-10-5-9(8)12-7(2)11-6/h10H,3-5H2,1-2H3. The molecule has 1 aliphatic heterocycles. The second kappa shape index (κ2) is 2.83. The third-order valence-corrected chi connectivity index (χ3v) is 2.26. The van der Waals surface area contributed by atoms with Gasteiger partial charge in [-0.1, -0.05) is 0 Å². The van der Waals surface area contributed by atoms with Gasteiger partial charge in [0.25, 0.3) is 0 Å². The second-order valence-corrected chi connectivity index (χ2v) is 3.21. The van der Waals surface area contributed by atoms with E-state index in [1.807, 2.05) is 6.92 Å². The molecule has 0 fully saturated rings. The SMILES string of the molecule is Cc1nc(C)c2c(n1)CNCC2. The van der Waals surface area contributed by atoms with E-state index in [-0.39, 0.29) is 0 Å². The van der Waals surface area contributed by atoms with E-state index < -0.39 is 0 Å². The predicted molar refractivity (Wildman–Crippen MR) is 46.9 cm³/mol. The topological polar surface area (TPSA) is 37.8 Å². The van der Waals surface area contributed by atoms with Crippen molar-refractivity contribution in [3.05, 3.63) is 22.8 Å². The molecule has 1 N–H and O–H groups in total. The molecule has 0 spiro atoms. The fourth-order valence-electron chi connectivity index (χ4n) is 1.70. The Morgan fingerprint density at radius 2 is 2.08 bits per heavy atom. The van der Waals surface area contributed by atoms with Crippen LogP contribution >= 0.6 is 0 Å². The third-order valence-electron chi connectivity index (χ3n) is 2.26. The molecule has 2 heterocycles. The van der Waals surface area contributed by atoms with Crippen molar-refractivity contribution >= 4 is 0 Å². The summed E-state index contributed by atoms with van der Waals surface area (Å²) in [6.45, 7) is 5.97. The maximum absolute atomic E-state index is 4.40. The highest BCUT2D eigenvalue weighted by molar-refractivity contribution is 5.27. The third kappa shape index (κ3) is 1.20. The first-order valence-corrected chi connectivity index (χ1v) is 4.31. The fourth-order valence-corrected chi connectivity index (χ4v) is 1.70. The highest BCUT2D eigenvalue weighted by atomic mass is 15.0. The summed E-state index contributed by atoms with van der Waals surface area (Å²) >= 11 is 0. The van der Waals surface area contributed by atoms with Gasteiger partial charge in [0.1, 0.15) is 5.82 Å². The molecule has 0 saturated carbocycles. The Hall–Kier alpha value is -0.960. The lowest BCUT2D eigenvalue weighted by molar-refractivity contribution is 0.615. The molecule has 12 heavy (non-hydrogen) atoms. The number of nitrogens with zero attached hydrogens (tertiary/aromatic N) is 2. The van der Waals surface area contributed by atoms with Crippen LogP contribution < -0.4 is 5.32 Å². The van der Waals surface area contributed by atoms with Gasteiger partial charge in [-0.25, -0.2) is 9.97 Å². The molecule has 64 valence electrons. The highest BCUT2D eigenvalue weighted by Gasteiger charge is 2.13. The molecular formula is C9H13N3. The zero-order valence-electron chi connectivity index (χ0n) is 7.52. The van der Waals surface area contributed by atoms with Crippen LogP contribution in [0.1, 0.15) is 22.8 Å². The van der Waals surface area contributed by atoms with Crippen molar-refractivity contribution in [2.24, 2.45) is 0 Å². The van der Waals surface area contributed by atoms with E-state index in [2.05, 4.69) is 22.2 Å². The molecule has 0 aromatic carbocycles. The summed E-state index contributed by atoms with van der Waals surface area (Å²) in [6.07, 6.45) is 1.07. The van der Waals surface area contributed by atoms with Crippen LogP contribution in [0.2, 0.25) is 0 Å². The Morgan fingerprint density at radius 3 is 2.92 bits per heavy atom. The summed E-state index contributed by atoms with van der Waals surface area (Å²) in [5.74, 6) is 0.884. The van der Waals surface area contributed by atoms with E-state index in [1.54, 1.807) is 0 Å². The van der Waals surface area contributed by atoms with Crippen LogP contribution in [-0.2, 0) is 13.0 Å². The average Bonchev–Trinajstić information content (AvgIpc) is 2.04. The van der Waals surface area contributed by atoms with Crippen LogP contribution in [0.25, 0.3) is 0 Å². The molecule has 1 aromatic rings. The van der Waals surface area contributed by atoms with Gasteiger partial charge in [0.15, 0.2) is 0 Å². The first-order valence-electron chi connectivity index (χ1n) is 4.31. The van der Waals surface area contributed by atoms with Gasteiger partial charge >= 0.3 is 0 Å². The van der Waals surface area contributed by atoms with Crippen LogP contribution in [0.4, 0.5) is 0 Å². The molecule has 0 radical (unpaired) electrons. The zero-order chi connectivity index (χ0) is 8.55. The number of nitrogens with one attached hydrogen (secondary N) is 1. The average molecular weight is 163 g/mol. The van der Waals surface area contributed by atoms with E-state index in [0.29, 0.717) is 0 Å². The van der Waals surface area contributed by atoms with E-state index in [0.717, 1.165) is 31.0 Å². The molecular weight excluding hydrogens is 150 g/mol. The number of aromatic nitrogens is 2. The lowest BCUT2D eigenvalue weighted by atomic mass is 10.1. The van der Waals surface area contributed by atoms with Gasteiger partial charge in [0.05, 0.1) is 5.69 Å². The molecule has 0 bridgehead atoms. The lowest BCUT2D eigenvalue weighted by Crippen LogP contribution is -2.26. The van der Waals surface area contributed by atoms with Crippen molar-refractivity contribution < 1.29 is 0 Å². The van der Waals surface area contributed by atoms with Crippen molar-refractivity contribution in [1.29, 1.82) is 0 Å². The van der Waals surface area contributed by atoms with Crippen molar-refractivity contribution in [3.8, 4) is 0 Å². The monoisotopic (exact) mass is 163 g/mol. The van der Waals surface area contributed by atoms with E-state index in [4.69, 9.17) is 0 Å². The largest absolute Gasteiger partial charge is 0.311 e. The molecule has 1 aliphatic rings. The quantitative estimate of drug-likeness (QED) is 0.613. The second-order valence-electron chi connectivity index (χ2n) is 3.21. The van der Waals surface area contributed by atoms with Crippen LogP contribution in [0.5, 0.6) is 0 Å². The smallest absolute Gasteiger partial charge is 0.125 e. The van der Waals surface area contributed by atoms with Crippen molar-refractivity contribution in [1.82, 2.24) is 15.3 Å². The Morgan fingerprint density at radius 1 is 1.25 bits per heavy atom. The minimum absolute atomic E-state index is 0.884. The van der Waals surface area contributed by atoms with Crippen LogP contribution in [0.3, 0.4) is 0 Å². The van der Waals surface area contributed by atoms with E-state index in [1.165, 1.54) is 11.3 Å². The normalized spacial score (nSPS) is 15.8. The molecule has 0 saturated heterocycles. The van der Waals surface area contributed by atoms with Crippen LogP contribution in [-0.4, -0.2) is 16.5 Å². The molecule has 2 rings (SSSR count). The maximum Gasteiger partial charge on any atom is 0.125 e. The Bertz CT molecular complexity index is 307. The molecule has 0 unspecified atom stereocenters. The zero-order valence-corrected chi connectivity index (χ0v) is 7.52. The van der Waals surface area contributed by atoms with Gasteiger partial charge in [0, 0.05) is 12.2 Å². The van der Waals surface area contributed by atoms with Gasteiger partial charge in [-0.05, 0) is 32.4 Å². The van der Waals surface area contributed by atoms with E-state index in [9.17, 15) is 0 Å². The number of aryl methyl sites for hydroxylation is 2. The van der Waals surface area contributed by atoms with Crippen molar-refractivity contribution in [2.75, 3.05) is 6.54 Å². The summed E-state index contributed by atoms with van der Waals surface area (Å²) in [6, 6.07) is 0. The number of rotatable bonds is 0. The maximum atomic E-state index is 4.40. The van der Waals surface area contributed by atoms with E-state index >= 15 is 0 Å². The molecule has 1 aromatic heterocycles. The molecule has 0 aliphatic carbocycles. The van der Waals surface area contributed by atoms with Crippen molar-refractivity contribution in [2.45, 2.75) is 26.8 Å². The Labute approximate surface area is 72.2 Å². The predicted octanol–water partition coefficient (Wildman–Crippen LogP) is 0.739. The fraction of sp³-hybridized carbons (Fsp3) is 0.556. The van der Waals surface area contributed by atoms with Gasteiger partial charge in [-0.15, -0.1) is 0 Å². The summed E-state index contributed by atoms with van der Waals surface area (Å²) < 4.78 is 0. The molecule has 0 amide bonds. The minimum atomic E-state index is 0.884. The first-order chi connectivity index (χ1) is 5.77. The van der Waals surface area contributed by atoms with Gasteiger partial charge in [-0.3, -0.25) is 0 Å². The Balaban J connectivity index is 2.53. The Kier molecular flexibility index (Phi) is 1.81. The summed E-state index contributed by atoms with van der Waals surface area (Å²) in [4.78, 5) is 8.75. The minimum Gasteiger partial charge on any atom is -0.311 e. The summed E-state index contributed by atoms with van der Waals surface area (Å²) in [5, 5.41) is 3.31. The lowest BCUT2D eigenvalue weighted by Gasteiger charge is -2.17. The van der Waals surface area contributed by atoms with Crippen molar-refractivity contribution in [3.63, 3.8) is 0 Å². The van der Waals surface area contributed by atoms with Crippen LogP contribution in [0.15, 0.2) is 0 Å². The van der Waals surface area contributed by atoms with Gasteiger partial charge in [0.2, 0.25) is 0 Å². The summed E-state index contributed by atoms with van der Waals surface area (Å²) in [5.41, 5.74) is 3.68. The molecule has 3 nitrogen and oxygen atoms in total. The molecule has 0 atom stereocenters. The summed E-state index contributed by atoms with van der Waals surface area (Å²) in [7, 11) is 0. The van der Waals surface area contributed by atoms with Gasteiger partial charge < -0.3 is 5.32 Å². The number of fused-ring (bicyclic) bond motifs is 1. The van der Waals surface area contributed by atoms with Crippen LogP contribution in [0, 0.1) is 13.8 Å². The van der Waals surface area contributed by atoms with Gasteiger partial charge in [-0.2, -0.15) is 0 Å². The number of hydrogen-bond acceptors (Lipinski definition) is 3.